The summed E-state index contributed by atoms with van der Waals surface area (Å²) in [6.07, 6.45) is 0.180. The van der Waals surface area contributed by atoms with E-state index < -0.39 is 0 Å². The summed E-state index contributed by atoms with van der Waals surface area (Å²) in [5.74, 6) is 1.36. The lowest BCUT2D eigenvalue weighted by Crippen LogP contribution is -2.52. The van der Waals surface area contributed by atoms with Crippen LogP contribution in [0.2, 0.25) is 0 Å². The zero-order chi connectivity index (χ0) is 13.3. The molecule has 1 fully saturated rings. The molecule has 0 bridgehead atoms. The van der Waals surface area contributed by atoms with Crippen LogP contribution < -0.4 is 15.4 Å². The van der Waals surface area contributed by atoms with Gasteiger partial charge in [0, 0.05) is 13.1 Å². The fourth-order valence-electron chi connectivity index (χ4n) is 2.41. The van der Waals surface area contributed by atoms with E-state index in [4.69, 9.17) is 15.2 Å². The summed E-state index contributed by atoms with van der Waals surface area (Å²) >= 11 is 0. The van der Waals surface area contributed by atoms with E-state index >= 15 is 0 Å². The van der Waals surface area contributed by atoms with E-state index in [9.17, 15) is 0 Å². The molecule has 18 heavy (non-hydrogen) atoms. The highest BCUT2D eigenvalue weighted by atomic mass is 16.5. The molecule has 2 heterocycles. The molecule has 1 aromatic heterocycles. The minimum Gasteiger partial charge on any atom is -0.479 e. The molecule has 1 aliphatic heterocycles. The van der Waals surface area contributed by atoms with Crippen molar-refractivity contribution in [3.63, 3.8) is 0 Å². The lowest BCUT2D eigenvalue weighted by atomic mass is 10.1. The second-order valence-corrected chi connectivity index (χ2v) is 5.34. The molecule has 0 amide bonds. The Labute approximate surface area is 108 Å². The maximum Gasteiger partial charge on any atom is 0.238 e. The first kappa shape index (κ1) is 13.0. The zero-order valence-electron chi connectivity index (χ0n) is 11.4. The Balaban J connectivity index is 2.25. The first-order valence-electron chi connectivity index (χ1n) is 6.14. The molecule has 5 heteroatoms. The van der Waals surface area contributed by atoms with Gasteiger partial charge in [0.25, 0.3) is 0 Å². The molecule has 2 N–H and O–H groups in total. The number of pyridine rings is 1. The minimum atomic E-state index is -0.173. The number of nitrogens with zero attached hydrogens (tertiary/aromatic N) is 2. The molecule has 1 atom stereocenters. The molecule has 5 nitrogen and oxygen atoms in total. The Bertz CT molecular complexity index is 434. The first-order chi connectivity index (χ1) is 8.41. The van der Waals surface area contributed by atoms with Crippen molar-refractivity contribution >= 4 is 11.5 Å². The SMILES string of the molecule is COc1nc(N2CC(C)OC(C)(C)C2)ccc1N. The number of nitrogens with two attached hydrogens (primary N) is 1. The molecule has 1 aliphatic rings. The predicted molar refractivity (Wildman–Crippen MR) is 72.0 cm³/mol. The van der Waals surface area contributed by atoms with Crippen LogP contribution in [-0.4, -0.2) is 36.9 Å². The van der Waals surface area contributed by atoms with Gasteiger partial charge in [-0.3, -0.25) is 0 Å². The number of ether oxygens (including phenoxy) is 2. The van der Waals surface area contributed by atoms with Crippen LogP contribution in [0.5, 0.6) is 5.88 Å². The summed E-state index contributed by atoms with van der Waals surface area (Å²) < 4.78 is 11.0. The van der Waals surface area contributed by atoms with Gasteiger partial charge >= 0.3 is 0 Å². The molecule has 1 unspecified atom stereocenters. The summed E-state index contributed by atoms with van der Waals surface area (Å²) in [5.41, 5.74) is 6.16. The van der Waals surface area contributed by atoms with Crippen molar-refractivity contribution < 1.29 is 9.47 Å². The third-order valence-corrected chi connectivity index (χ3v) is 2.96. The van der Waals surface area contributed by atoms with Crippen molar-refractivity contribution in [2.45, 2.75) is 32.5 Å². The van der Waals surface area contributed by atoms with Crippen LogP contribution in [-0.2, 0) is 4.74 Å². The van der Waals surface area contributed by atoms with Gasteiger partial charge in [-0.05, 0) is 32.9 Å². The van der Waals surface area contributed by atoms with Gasteiger partial charge in [-0.1, -0.05) is 0 Å². The Kier molecular flexibility index (Phi) is 3.34. The molecule has 1 aromatic rings. The van der Waals surface area contributed by atoms with E-state index in [1.54, 1.807) is 7.11 Å². The van der Waals surface area contributed by atoms with Crippen LogP contribution in [0, 0.1) is 0 Å². The lowest BCUT2D eigenvalue weighted by Gasteiger charge is -2.42. The number of hydrogen-bond donors (Lipinski definition) is 1. The molecule has 0 aliphatic carbocycles. The number of hydrogen-bond acceptors (Lipinski definition) is 5. The molecule has 0 spiro atoms. The third kappa shape index (κ3) is 2.67. The van der Waals surface area contributed by atoms with Gasteiger partial charge in [-0.25, -0.2) is 0 Å². The number of rotatable bonds is 2. The first-order valence-corrected chi connectivity index (χ1v) is 6.14. The van der Waals surface area contributed by atoms with Crippen LogP contribution in [0.15, 0.2) is 12.1 Å². The van der Waals surface area contributed by atoms with E-state index in [1.807, 2.05) is 12.1 Å². The van der Waals surface area contributed by atoms with Crippen LogP contribution >= 0.6 is 0 Å². The topological polar surface area (TPSA) is 60.6 Å². The molecule has 100 valence electrons. The predicted octanol–water partition coefficient (Wildman–Crippen LogP) is 1.68. The number of nitrogen functional groups attached to an aromatic ring is 1. The minimum absolute atomic E-state index is 0.173. The quantitative estimate of drug-likeness (QED) is 0.866. The van der Waals surface area contributed by atoms with Gasteiger partial charge in [-0.2, -0.15) is 4.98 Å². The average molecular weight is 251 g/mol. The van der Waals surface area contributed by atoms with Crippen molar-refractivity contribution in [2.75, 3.05) is 30.8 Å². The zero-order valence-corrected chi connectivity index (χ0v) is 11.4. The van der Waals surface area contributed by atoms with Crippen molar-refractivity contribution in [3.8, 4) is 5.88 Å². The average Bonchev–Trinajstić information content (AvgIpc) is 2.27. The van der Waals surface area contributed by atoms with Crippen molar-refractivity contribution in [3.05, 3.63) is 12.1 Å². The summed E-state index contributed by atoms with van der Waals surface area (Å²) in [6, 6.07) is 3.75. The molecular formula is C13H21N3O2. The highest BCUT2D eigenvalue weighted by Gasteiger charge is 2.32. The van der Waals surface area contributed by atoms with Crippen molar-refractivity contribution in [2.24, 2.45) is 0 Å². The Hall–Kier alpha value is -1.49. The number of morpholine rings is 1. The lowest BCUT2D eigenvalue weighted by molar-refractivity contribution is -0.0751. The van der Waals surface area contributed by atoms with Gasteiger partial charge in [0.1, 0.15) is 5.82 Å². The summed E-state index contributed by atoms with van der Waals surface area (Å²) in [5, 5.41) is 0. The van der Waals surface area contributed by atoms with Gasteiger partial charge in [0.05, 0.1) is 24.5 Å². The molecule has 1 saturated heterocycles. The van der Waals surface area contributed by atoms with E-state index in [2.05, 4.69) is 30.7 Å². The van der Waals surface area contributed by atoms with Crippen molar-refractivity contribution in [1.29, 1.82) is 0 Å². The van der Waals surface area contributed by atoms with E-state index in [-0.39, 0.29) is 11.7 Å². The number of anilines is 2. The smallest absolute Gasteiger partial charge is 0.238 e. The van der Waals surface area contributed by atoms with Crippen LogP contribution in [0.25, 0.3) is 0 Å². The molecule has 0 aromatic carbocycles. The Morgan fingerprint density at radius 1 is 1.50 bits per heavy atom. The van der Waals surface area contributed by atoms with Crippen LogP contribution in [0.3, 0.4) is 0 Å². The third-order valence-electron chi connectivity index (χ3n) is 2.96. The second-order valence-electron chi connectivity index (χ2n) is 5.34. The van der Waals surface area contributed by atoms with E-state index in [1.165, 1.54) is 0 Å². The van der Waals surface area contributed by atoms with Crippen LogP contribution in [0.4, 0.5) is 11.5 Å². The number of methoxy groups -OCH3 is 1. The van der Waals surface area contributed by atoms with Crippen LogP contribution in [0.1, 0.15) is 20.8 Å². The highest BCUT2D eigenvalue weighted by molar-refractivity contribution is 5.54. The van der Waals surface area contributed by atoms with Gasteiger partial charge in [0.2, 0.25) is 5.88 Å². The van der Waals surface area contributed by atoms with Gasteiger partial charge in [0.15, 0.2) is 0 Å². The second kappa shape index (κ2) is 4.65. The molecular weight excluding hydrogens is 230 g/mol. The fourth-order valence-corrected chi connectivity index (χ4v) is 2.41. The largest absolute Gasteiger partial charge is 0.479 e. The monoisotopic (exact) mass is 251 g/mol. The van der Waals surface area contributed by atoms with E-state index in [0.29, 0.717) is 11.6 Å². The maximum absolute atomic E-state index is 5.88. The Morgan fingerprint density at radius 2 is 2.22 bits per heavy atom. The number of aromatic nitrogens is 1. The van der Waals surface area contributed by atoms with Gasteiger partial charge in [-0.15, -0.1) is 0 Å². The maximum atomic E-state index is 5.88. The van der Waals surface area contributed by atoms with Gasteiger partial charge < -0.3 is 20.1 Å². The molecule has 0 saturated carbocycles. The normalized spacial score (nSPS) is 22.9. The van der Waals surface area contributed by atoms with Crippen molar-refractivity contribution in [1.82, 2.24) is 4.98 Å². The van der Waals surface area contributed by atoms with E-state index in [0.717, 1.165) is 18.9 Å². The standard InChI is InChI=1S/C13H21N3O2/c1-9-7-16(8-13(2,3)18-9)11-6-5-10(14)12(15-11)17-4/h5-6,9H,7-8,14H2,1-4H3. The molecule has 2 rings (SSSR count). The Morgan fingerprint density at radius 3 is 2.83 bits per heavy atom. The summed E-state index contributed by atoms with van der Waals surface area (Å²) in [6.45, 7) is 7.87. The highest BCUT2D eigenvalue weighted by Crippen LogP contribution is 2.28. The fraction of sp³-hybridized carbons (Fsp3) is 0.615. The summed E-state index contributed by atoms with van der Waals surface area (Å²) in [7, 11) is 1.58. The molecule has 0 radical (unpaired) electrons. The summed E-state index contributed by atoms with van der Waals surface area (Å²) in [4.78, 5) is 6.64.